The maximum Gasteiger partial charge on any atom is 0.128 e. The van der Waals surface area contributed by atoms with Crippen LogP contribution in [-0.2, 0) is 6.42 Å². The molecule has 3 rings (SSSR count). The number of hydrogen-bond donors (Lipinski definition) is 1. The van der Waals surface area contributed by atoms with E-state index in [9.17, 15) is 9.50 Å². The quantitative estimate of drug-likeness (QED) is 0.923. The lowest BCUT2D eigenvalue weighted by Gasteiger charge is -2.40. The molecule has 3 heteroatoms. The van der Waals surface area contributed by atoms with Crippen molar-refractivity contribution in [2.24, 2.45) is 0 Å². The van der Waals surface area contributed by atoms with E-state index < -0.39 is 11.7 Å². The van der Waals surface area contributed by atoms with E-state index in [1.807, 2.05) is 37.3 Å². The third-order valence-corrected chi connectivity index (χ3v) is 4.24. The van der Waals surface area contributed by atoms with Gasteiger partial charge in [-0.15, -0.1) is 0 Å². The van der Waals surface area contributed by atoms with Gasteiger partial charge in [-0.2, -0.15) is 0 Å². The molecule has 0 radical (unpaired) electrons. The standard InChI is InChI=1S/C18H19FO2/c1-2-18(11-13-6-4-3-5-7-13)12-16(20)15-9-8-14(19)10-17(15)21-18/h3-10,16,20H,2,11-12H2,1H3/t16-,18?/m1/s1. The first-order valence-corrected chi connectivity index (χ1v) is 7.32. The highest BCUT2D eigenvalue weighted by Crippen LogP contribution is 2.42. The molecule has 1 aliphatic rings. The maximum absolute atomic E-state index is 13.4. The lowest BCUT2D eigenvalue weighted by molar-refractivity contribution is -0.0170. The summed E-state index contributed by atoms with van der Waals surface area (Å²) in [6.45, 7) is 2.04. The lowest BCUT2D eigenvalue weighted by atomic mass is 9.82. The van der Waals surface area contributed by atoms with E-state index in [1.54, 1.807) is 6.07 Å². The minimum atomic E-state index is -0.613. The monoisotopic (exact) mass is 286 g/mol. The van der Waals surface area contributed by atoms with Crippen LogP contribution in [0.25, 0.3) is 0 Å². The number of benzene rings is 2. The van der Waals surface area contributed by atoms with Gasteiger partial charge in [0.25, 0.3) is 0 Å². The Labute approximate surface area is 124 Å². The van der Waals surface area contributed by atoms with Gasteiger partial charge >= 0.3 is 0 Å². The van der Waals surface area contributed by atoms with Crippen LogP contribution in [0.4, 0.5) is 4.39 Å². The summed E-state index contributed by atoms with van der Waals surface area (Å²) in [7, 11) is 0. The highest BCUT2D eigenvalue weighted by atomic mass is 19.1. The fourth-order valence-electron chi connectivity index (χ4n) is 3.03. The van der Waals surface area contributed by atoms with Crippen LogP contribution in [0.2, 0.25) is 0 Å². The Kier molecular flexibility index (Phi) is 3.68. The summed E-state index contributed by atoms with van der Waals surface area (Å²) >= 11 is 0. The fourth-order valence-corrected chi connectivity index (χ4v) is 3.03. The molecule has 0 spiro atoms. The van der Waals surface area contributed by atoms with E-state index in [4.69, 9.17) is 4.74 Å². The van der Waals surface area contributed by atoms with E-state index in [0.29, 0.717) is 24.2 Å². The first-order chi connectivity index (χ1) is 10.1. The maximum atomic E-state index is 13.4. The molecule has 2 nitrogen and oxygen atoms in total. The van der Waals surface area contributed by atoms with Crippen LogP contribution in [0.15, 0.2) is 48.5 Å². The van der Waals surface area contributed by atoms with Gasteiger partial charge in [-0.1, -0.05) is 37.3 Å². The van der Waals surface area contributed by atoms with Gasteiger partial charge in [0.15, 0.2) is 0 Å². The van der Waals surface area contributed by atoms with Crippen molar-refractivity contribution in [2.45, 2.75) is 37.9 Å². The van der Waals surface area contributed by atoms with Crippen LogP contribution >= 0.6 is 0 Å². The molecule has 0 aromatic heterocycles. The van der Waals surface area contributed by atoms with Crippen molar-refractivity contribution in [3.8, 4) is 5.75 Å². The van der Waals surface area contributed by atoms with Gasteiger partial charge in [-0.3, -0.25) is 0 Å². The second-order valence-electron chi connectivity index (χ2n) is 5.70. The van der Waals surface area contributed by atoms with Crippen molar-refractivity contribution in [1.29, 1.82) is 0 Å². The zero-order valence-corrected chi connectivity index (χ0v) is 12.1. The molecule has 2 atom stereocenters. The molecule has 2 aromatic carbocycles. The van der Waals surface area contributed by atoms with Gasteiger partial charge in [-0.25, -0.2) is 4.39 Å². The van der Waals surface area contributed by atoms with E-state index in [2.05, 4.69) is 0 Å². The minimum absolute atomic E-state index is 0.340. The number of rotatable bonds is 3. The van der Waals surface area contributed by atoms with Crippen LogP contribution < -0.4 is 4.74 Å². The predicted octanol–water partition coefficient (Wildman–Crippen LogP) is 4.03. The Morgan fingerprint density at radius 3 is 2.71 bits per heavy atom. The normalized spacial score (nSPS) is 24.2. The fraction of sp³-hybridized carbons (Fsp3) is 0.333. The SMILES string of the molecule is CCC1(Cc2ccccc2)C[C@@H](O)c2ccc(F)cc2O1. The molecule has 1 aliphatic heterocycles. The first-order valence-electron chi connectivity index (χ1n) is 7.32. The lowest BCUT2D eigenvalue weighted by Crippen LogP contribution is -2.42. The van der Waals surface area contributed by atoms with Gasteiger partial charge in [0.2, 0.25) is 0 Å². The van der Waals surface area contributed by atoms with Crippen molar-refractivity contribution < 1.29 is 14.2 Å². The number of fused-ring (bicyclic) bond motifs is 1. The van der Waals surface area contributed by atoms with Gasteiger partial charge in [0, 0.05) is 24.5 Å². The molecule has 0 saturated heterocycles. The summed E-state index contributed by atoms with van der Waals surface area (Å²) < 4.78 is 19.6. The molecular weight excluding hydrogens is 267 g/mol. The van der Waals surface area contributed by atoms with Crippen LogP contribution in [0.5, 0.6) is 5.75 Å². The molecule has 1 unspecified atom stereocenters. The Balaban J connectivity index is 1.94. The molecule has 1 N–H and O–H groups in total. The van der Waals surface area contributed by atoms with E-state index >= 15 is 0 Å². The van der Waals surface area contributed by atoms with Gasteiger partial charge < -0.3 is 9.84 Å². The van der Waals surface area contributed by atoms with E-state index in [1.165, 1.54) is 12.1 Å². The molecule has 0 aliphatic carbocycles. The molecule has 2 aromatic rings. The average Bonchev–Trinajstić information content (AvgIpc) is 2.47. The smallest absolute Gasteiger partial charge is 0.128 e. The van der Waals surface area contributed by atoms with Crippen molar-refractivity contribution in [3.05, 3.63) is 65.5 Å². The second kappa shape index (κ2) is 5.49. The van der Waals surface area contributed by atoms with E-state index in [-0.39, 0.29) is 5.82 Å². The summed E-state index contributed by atoms with van der Waals surface area (Å²) in [5.41, 5.74) is 1.35. The molecule has 0 fully saturated rings. The summed E-state index contributed by atoms with van der Waals surface area (Å²) in [6.07, 6.45) is 1.38. The van der Waals surface area contributed by atoms with Crippen LogP contribution in [-0.4, -0.2) is 10.7 Å². The van der Waals surface area contributed by atoms with Crippen LogP contribution in [0, 0.1) is 5.82 Å². The minimum Gasteiger partial charge on any atom is -0.486 e. The number of aliphatic hydroxyl groups excluding tert-OH is 1. The topological polar surface area (TPSA) is 29.5 Å². The Morgan fingerprint density at radius 2 is 2.00 bits per heavy atom. The van der Waals surface area contributed by atoms with Gasteiger partial charge in [0.05, 0.1) is 6.10 Å². The Hall–Kier alpha value is -1.87. The third-order valence-electron chi connectivity index (χ3n) is 4.24. The van der Waals surface area contributed by atoms with E-state index in [0.717, 1.165) is 12.0 Å². The van der Waals surface area contributed by atoms with Crippen LogP contribution in [0.1, 0.15) is 37.0 Å². The molecule has 1 heterocycles. The molecule has 0 amide bonds. The summed E-state index contributed by atoms with van der Waals surface area (Å²) in [6, 6.07) is 14.4. The van der Waals surface area contributed by atoms with Crippen molar-refractivity contribution in [2.75, 3.05) is 0 Å². The molecule has 110 valence electrons. The van der Waals surface area contributed by atoms with Gasteiger partial charge in [0.1, 0.15) is 17.2 Å². The van der Waals surface area contributed by atoms with Crippen molar-refractivity contribution in [1.82, 2.24) is 0 Å². The third kappa shape index (κ3) is 2.79. The highest BCUT2D eigenvalue weighted by molar-refractivity contribution is 5.39. The molecule has 0 bridgehead atoms. The largest absolute Gasteiger partial charge is 0.486 e. The molecular formula is C18H19FO2. The van der Waals surface area contributed by atoms with Crippen molar-refractivity contribution >= 4 is 0 Å². The predicted molar refractivity (Wildman–Crippen MR) is 79.8 cm³/mol. The van der Waals surface area contributed by atoms with Crippen molar-refractivity contribution in [3.63, 3.8) is 0 Å². The van der Waals surface area contributed by atoms with Crippen LogP contribution in [0.3, 0.4) is 0 Å². The average molecular weight is 286 g/mol. The Bertz CT molecular complexity index is 626. The highest BCUT2D eigenvalue weighted by Gasteiger charge is 2.39. The Morgan fingerprint density at radius 1 is 1.24 bits per heavy atom. The number of halogens is 1. The number of hydrogen-bond acceptors (Lipinski definition) is 2. The summed E-state index contributed by atoms with van der Waals surface area (Å²) in [5, 5.41) is 10.4. The molecule has 21 heavy (non-hydrogen) atoms. The van der Waals surface area contributed by atoms with Gasteiger partial charge in [-0.05, 0) is 24.1 Å². The zero-order chi connectivity index (χ0) is 14.9. The summed E-state index contributed by atoms with van der Waals surface area (Å²) in [4.78, 5) is 0. The number of aliphatic hydroxyl groups is 1. The number of ether oxygens (including phenoxy) is 1. The molecule has 0 saturated carbocycles. The first kappa shape index (κ1) is 14.1. The summed E-state index contributed by atoms with van der Waals surface area (Å²) in [5.74, 6) is 0.124. The zero-order valence-electron chi connectivity index (χ0n) is 12.1. The second-order valence-corrected chi connectivity index (χ2v) is 5.70.